The predicted octanol–water partition coefficient (Wildman–Crippen LogP) is 4.47. The van der Waals surface area contributed by atoms with Gasteiger partial charge in [-0.05, 0) is 30.9 Å². The van der Waals surface area contributed by atoms with Crippen LogP contribution in [0.5, 0.6) is 0 Å². The van der Waals surface area contributed by atoms with E-state index in [9.17, 15) is 12.8 Å². The maximum Gasteiger partial charge on any atom is 0.264 e. The molecule has 0 amide bonds. The van der Waals surface area contributed by atoms with Crippen LogP contribution in [0, 0.1) is 18.7 Å². The first-order valence-corrected chi connectivity index (χ1v) is 15.4. The average molecular weight is 445 g/mol. The van der Waals surface area contributed by atoms with Crippen LogP contribution in [0.3, 0.4) is 0 Å². The van der Waals surface area contributed by atoms with Crippen molar-refractivity contribution in [1.29, 1.82) is 0 Å². The maximum atomic E-state index is 14.7. The molecule has 6 nitrogen and oxygen atoms in total. The van der Waals surface area contributed by atoms with E-state index in [-0.39, 0.29) is 25.1 Å². The molecule has 0 radical (unpaired) electrons. The third-order valence-electron chi connectivity index (χ3n) is 4.73. The summed E-state index contributed by atoms with van der Waals surface area (Å²) in [6.45, 7) is 13.4. The van der Waals surface area contributed by atoms with Crippen LogP contribution in [-0.2, 0) is 38.8 Å². The Labute approximate surface area is 174 Å². The van der Waals surface area contributed by atoms with Gasteiger partial charge in [0.05, 0.1) is 29.2 Å². The molecule has 2 heterocycles. The fourth-order valence-corrected chi connectivity index (χ4v) is 4.27. The molecule has 0 saturated carbocycles. The van der Waals surface area contributed by atoms with Crippen LogP contribution in [0.1, 0.15) is 30.7 Å². The highest BCUT2D eigenvalue weighted by atomic mass is 32.2. The molecule has 0 aliphatic carbocycles. The number of rotatable bonds is 10. The van der Waals surface area contributed by atoms with E-state index in [1.807, 2.05) is 25.3 Å². The second-order valence-corrected chi connectivity index (χ2v) is 16.5. The molecule has 0 spiro atoms. The largest absolute Gasteiger partial charge is 0.361 e. The molecule has 2 aromatic rings. The van der Waals surface area contributed by atoms with Gasteiger partial charge in [-0.15, -0.1) is 0 Å². The first-order valence-electron chi connectivity index (χ1n) is 9.87. The van der Waals surface area contributed by atoms with Crippen LogP contribution in [0.2, 0.25) is 25.7 Å². The highest BCUT2D eigenvalue weighted by Gasteiger charge is 2.22. The second kappa shape index (κ2) is 9.24. The van der Waals surface area contributed by atoms with Gasteiger partial charge in [-0.2, -0.15) is 8.42 Å². The third kappa shape index (κ3) is 6.60. The van der Waals surface area contributed by atoms with Crippen LogP contribution >= 0.6 is 0 Å². The van der Waals surface area contributed by atoms with Gasteiger partial charge >= 0.3 is 0 Å². The number of pyridine rings is 1. The van der Waals surface area contributed by atoms with Gasteiger partial charge in [-0.25, -0.2) is 4.39 Å². The Balaban J connectivity index is 2.52. The highest BCUT2D eigenvalue weighted by molar-refractivity contribution is 7.85. The number of ether oxygens (including phenoxy) is 1. The van der Waals surface area contributed by atoms with Gasteiger partial charge < -0.3 is 9.30 Å². The van der Waals surface area contributed by atoms with Crippen LogP contribution in [0.4, 0.5) is 4.39 Å². The van der Waals surface area contributed by atoms with Gasteiger partial charge in [0.25, 0.3) is 10.1 Å². The SMILES string of the molecule is Cc1c(COS(C)(=O)=O)n(COCC[Si](C)(C)C)c2c(CC(C)C)c(F)cnc12. The molecule has 0 bridgehead atoms. The normalized spacial score (nSPS) is 13.0. The van der Waals surface area contributed by atoms with E-state index in [0.717, 1.165) is 17.9 Å². The molecular weight excluding hydrogens is 411 g/mol. The van der Waals surface area contributed by atoms with E-state index in [4.69, 9.17) is 8.92 Å². The van der Waals surface area contributed by atoms with Crippen molar-refractivity contribution in [3.8, 4) is 0 Å². The molecule has 2 rings (SSSR count). The molecular formula is C20H33FN2O4SSi. The van der Waals surface area contributed by atoms with Crippen molar-refractivity contribution in [1.82, 2.24) is 9.55 Å². The lowest BCUT2D eigenvalue weighted by atomic mass is 10.0. The van der Waals surface area contributed by atoms with Crippen molar-refractivity contribution in [2.75, 3.05) is 12.9 Å². The zero-order chi connectivity index (χ0) is 22.0. The minimum atomic E-state index is -3.62. The van der Waals surface area contributed by atoms with Crippen LogP contribution in [0.25, 0.3) is 11.0 Å². The summed E-state index contributed by atoms with van der Waals surface area (Å²) in [6.07, 6.45) is 2.81. The fourth-order valence-electron chi connectivity index (χ4n) is 3.18. The second-order valence-electron chi connectivity index (χ2n) is 9.19. The molecule has 0 fully saturated rings. The van der Waals surface area contributed by atoms with Crippen molar-refractivity contribution >= 4 is 29.2 Å². The van der Waals surface area contributed by atoms with Crippen molar-refractivity contribution < 1.29 is 21.7 Å². The van der Waals surface area contributed by atoms with E-state index < -0.39 is 18.2 Å². The van der Waals surface area contributed by atoms with Gasteiger partial charge in [-0.3, -0.25) is 9.17 Å². The predicted molar refractivity (Wildman–Crippen MR) is 117 cm³/mol. The standard InChI is InChI=1S/C20H33FN2O4SSi/c1-14(2)10-16-17(21)11-22-19-15(3)18(12-27-28(4,24)25)23(20(16)19)13-26-8-9-29(5,6)7/h11,14H,8-10,12-13H2,1-7H3. The van der Waals surface area contributed by atoms with E-state index in [1.165, 1.54) is 6.20 Å². The summed E-state index contributed by atoms with van der Waals surface area (Å²) < 4.78 is 50.6. The van der Waals surface area contributed by atoms with Crippen molar-refractivity contribution in [2.45, 2.75) is 66.2 Å². The molecule has 0 N–H and O–H groups in total. The lowest BCUT2D eigenvalue weighted by Gasteiger charge is -2.18. The first-order chi connectivity index (χ1) is 13.3. The van der Waals surface area contributed by atoms with Gasteiger partial charge in [0.2, 0.25) is 0 Å². The fraction of sp³-hybridized carbons (Fsp3) is 0.650. The quantitative estimate of drug-likeness (QED) is 0.307. The Morgan fingerprint density at radius 3 is 2.48 bits per heavy atom. The number of halogens is 1. The summed E-state index contributed by atoms with van der Waals surface area (Å²) in [7, 11) is -4.87. The number of aryl methyl sites for hydroxylation is 1. The van der Waals surface area contributed by atoms with E-state index in [0.29, 0.717) is 35.3 Å². The van der Waals surface area contributed by atoms with Gasteiger partial charge in [-0.1, -0.05) is 33.5 Å². The van der Waals surface area contributed by atoms with Crippen LogP contribution < -0.4 is 0 Å². The zero-order valence-corrected chi connectivity index (χ0v) is 20.3. The molecule has 164 valence electrons. The molecule has 0 aliphatic heterocycles. The number of hydrogen-bond donors (Lipinski definition) is 0. The maximum absolute atomic E-state index is 14.7. The minimum absolute atomic E-state index is 0.138. The summed E-state index contributed by atoms with van der Waals surface area (Å²) in [4.78, 5) is 4.29. The van der Waals surface area contributed by atoms with Crippen molar-refractivity contribution in [3.05, 3.63) is 28.8 Å². The molecule has 29 heavy (non-hydrogen) atoms. The van der Waals surface area contributed by atoms with Gasteiger partial charge in [0.15, 0.2) is 0 Å². The Hall–Kier alpha value is -1.29. The van der Waals surface area contributed by atoms with Gasteiger partial charge in [0, 0.05) is 20.2 Å². The van der Waals surface area contributed by atoms with E-state index in [1.54, 1.807) is 0 Å². The molecule has 2 aromatic heterocycles. The molecule has 0 unspecified atom stereocenters. The smallest absolute Gasteiger partial charge is 0.264 e. The molecule has 0 atom stereocenters. The summed E-state index contributed by atoms with van der Waals surface area (Å²) in [5, 5.41) is 0. The number of hydrogen-bond acceptors (Lipinski definition) is 5. The van der Waals surface area contributed by atoms with Crippen molar-refractivity contribution in [2.24, 2.45) is 5.92 Å². The Morgan fingerprint density at radius 2 is 1.93 bits per heavy atom. The number of aromatic nitrogens is 2. The molecule has 0 saturated heterocycles. The third-order valence-corrected chi connectivity index (χ3v) is 6.98. The van der Waals surface area contributed by atoms with Crippen LogP contribution in [-0.4, -0.2) is 38.9 Å². The summed E-state index contributed by atoms with van der Waals surface area (Å²) in [5.41, 5.74) is 3.32. The summed E-state index contributed by atoms with van der Waals surface area (Å²) in [5.74, 6) is -0.107. The van der Waals surface area contributed by atoms with E-state index >= 15 is 0 Å². The lowest BCUT2D eigenvalue weighted by molar-refractivity contribution is 0.0860. The van der Waals surface area contributed by atoms with Crippen LogP contribution in [0.15, 0.2) is 6.20 Å². The number of nitrogens with zero attached hydrogens (tertiary/aromatic N) is 2. The Kier molecular flexibility index (Phi) is 7.64. The lowest BCUT2D eigenvalue weighted by Crippen LogP contribution is -2.22. The highest BCUT2D eigenvalue weighted by Crippen LogP contribution is 2.30. The Morgan fingerprint density at radius 1 is 1.28 bits per heavy atom. The van der Waals surface area contributed by atoms with Crippen molar-refractivity contribution in [3.63, 3.8) is 0 Å². The topological polar surface area (TPSA) is 70.4 Å². The molecule has 0 aromatic carbocycles. The Bertz CT molecular complexity index is 965. The van der Waals surface area contributed by atoms with E-state index in [2.05, 4.69) is 24.6 Å². The summed E-state index contributed by atoms with van der Waals surface area (Å²) >= 11 is 0. The molecule has 9 heteroatoms. The zero-order valence-electron chi connectivity index (χ0n) is 18.5. The molecule has 0 aliphatic rings. The summed E-state index contributed by atoms with van der Waals surface area (Å²) in [6, 6.07) is 1.01. The monoisotopic (exact) mass is 444 g/mol. The first kappa shape index (κ1) is 24.0. The van der Waals surface area contributed by atoms with Gasteiger partial charge in [0.1, 0.15) is 19.2 Å². The average Bonchev–Trinajstić information content (AvgIpc) is 2.82. The minimum Gasteiger partial charge on any atom is -0.361 e. The number of fused-ring (bicyclic) bond motifs is 1.